The topological polar surface area (TPSA) is 112 Å². The first-order valence-electron chi connectivity index (χ1n) is 9.83. The molecule has 2 atom stereocenters. The molecule has 2 N–H and O–H groups in total. The minimum atomic E-state index is -0.735. The van der Waals surface area contributed by atoms with Gasteiger partial charge in [-0.2, -0.15) is 0 Å². The molecule has 158 valence electrons. The molecule has 3 rings (SSSR count). The zero-order valence-corrected chi connectivity index (χ0v) is 17.1. The van der Waals surface area contributed by atoms with Gasteiger partial charge < -0.3 is 19.6 Å². The van der Waals surface area contributed by atoms with Gasteiger partial charge in [0, 0.05) is 32.3 Å². The van der Waals surface area contributed by atoms with E-state index in [1.165, 1.54) is 4.90 Å². The van der Waals surface area contributed by atoms with Crippen LogP contribution in [0.3, 0.4) is 0 Å². The van der Waals surface area contributed by atoms with Crippen LogP contribution < -0.4 is 10.2 Å². The van der Waals surface area contributed by atoms with E-state index in [4.69, 9.17) is 4.74 Å². The smallest absolute Gasteiger partial charge is 0.410 e. The van der Waals surface area contributed by atoms with Crippen LogP contribution in [0.1, 0.15) is 45.1 Å². The van der Waals surface area contributed by atoms with Crippen molar-refractivity contribution < 1.29 is 24.2 Å². The standard InChI is InChI=1S/C20H28N4O5/c1-20(2,3)29-19(28)24-9-8-23(11-14(25)12-24)16-6-4-13(10-21-16)15-5-7-17(26)22-18(15)27/h4,6,10,14-15,25H,5,7-9,11-12H2,1-3H3,(H,22,26,27). The van der Waals surface area contributed by atoms with Crippen molar-refractivity contribution in [1.82, 2.24) is 15.2 Å². The third-order valence-electron chi connectivity index (χ3n) is 4.89. The van der Waals surface area contributed by atoms with Gasteiger partial charge >= 0.3 is 6.09 Å². The zero-order chi connectivity index (χ0) is 21.2. The Balaban J connectivity index is 1.65. The molecule has 0 radical (unpaired) electrons. The Hall–Kier alpha value is -2.68. The average Bonchev–Trinajstić information content (AvgIpc) is 2.82. The highest BCUT2D eigenvalue weighted by Crippen LogP contribution is 2.26. The fourth-order valence-electron chi connectivity index (χ4n) is 3.49. The van der Waals surface area contributed by atoms with Gasteiger partial charge in [0.1, 0.15) is 11.4 Å². The summed E-state index contributed by atoms with van der Waals surface area (Å²) in [4.78, 5) is 43.5. The summed E-state index contributed by atoms with van der Waals surface area (Å²) >= 11 is 0. The minimum absolute atomic E-state index is 0.194. The van der Waals surface area contributed by atoms with Crippen molar-refractivity contribution in [2.24, 2.45) is 0 Å². The van der Waals surface area contributed by atoms with Crippen molar-refractivity contribution in [2.45, 2.75) is 51.2 Å². The highest BCUT2D eigenvalue weighted by Gasteiger charge is 2.30. The average molecular weight is 404 g/mol. The number of anilines is 1. The van der Waals surface area contributed by atoms with E-state index in [-0.39, 0.29) is 24.3 Å². The van der Waals surface area contributed by atoms with E-state index in [0.29, 0.717) is 38.3 Å². The summed E-state index contributed by atoms with van der Waals surface area (Å²) in [5.41, 5.74) is 0.158. The maximum Gasteiger partial charge on any atom is 0.410 e. The van der Waals surface area contributed by atoms with Gasteiger partial charge in [0.05, 0.1) is 18.6 Å². The SMILES string of the molecule is CC(C)(C)OC(=O)N1CCN(c2ccc(C3CCC(=O)NC3=O)cn2)CC(O)C1. The predicted octanol–water partition coefficient (Wildman–Crippen LogP) is 1.02. The molecule has 0 saturated carbocycles. The number of hydrogen-bond acceptors (Lipinski definition) is 7. The van der Waals surface area contributed by atoms with Crippen LogP contribution in [0.15, 0.2) is 18.3 Å². The number of nitrogens with one attached hydrogen (secondary N) is 1. The summed E-state index contributed by atoms with van der Waals surface area (Å²) in [6.07, 6.45) is 1.25. The summed E-state index contributed by atoms with van der Waals surface area (Å²) in [5, 5.41) is 12.7. The number of amides is 3. The van der Waals surface area contributed by atoms with Crippen LogP contribution in [0.25, 0.3) is 0 Å². The molecule has 3 heterocycles. The summed E-state index contributed by atoms with van der Waals surface area (Å²) in [6, 6.07) is 3.63. The summed E-state index contributed by atoms with van der Waals surface area (Å²) in [7, 11) is 0. The lowest BCUT2D eigenvalue weighted by Gasteiger charge is -2.27. The van der Waals surface area contributed by atoms with E-state index < -0.39 is 17.8 Å². The lowest BCUT2D eigenvalue weighted by atomic mass is 9.92. The number of pyridine rings is 1. The minimum Gasteiger partial charge on any atom is -0.444 e. The number of ether oxygens (including phenoxy) is 1. The molecule has 29 heavy (non-hydrogen) atoms. The normalized spacial score (nSPS) is 23.4. The van der Waals surface area contributed by atoms with Gasteiger partial charge in [-0.05, 0) is 38.8 Å². The van der Waals surface area contributed by atoms with E-state index in [0.717, 1.165) is 5.56 Å². The fraction of sp³-hybridized carbons (Fsp3) is 0.600. The number of aromatic nitrogens is 1. The summed E-state index contributed by atoms with van der Waals surface area (Å²) < 4.78 is 5.40. The molecule has 2 aliphatic rings. The van der Waals surface area contributed by atoms with Crippen LogP contribution in [0.4, 0.5) is 10.6 Å². The van der Waals surface area contributed by atoms with Crippen molar-refractivity contribution in [3.8, 4) is 0 Å². The Kier molecular flexibility index (Phi) is 6.07. The third kappa shape index (κ3) is 5.44. The lowest BCUT2D eigenvalue weighted by Crippen LogP contribution is -2.41. The number of aliphatic hydroxyl groups excluding tert-OH is 1. The van der Waals surface area contributed by atoms with Crippen LogP contribution in [-0.4, -0.2) is 70.8 Å². The van der Waals surface area contributed by atoms with E-state index in [1.54, 1.807) is 33.0 Å². The molecule has 2 saturated heterocycles. The first-order valence-corrected chi connectivity index (χ1v) is 9.83. The molecule has 9 nitrogen and oxygen atoms in total. The number of piperidine rings is 1. The van der Waals surface area contributed by atoms with Gasteiger partial charge in [-0.25, -0.2) is 9.78 Å². The molecule has 9 heteroatoms. The number of imide groups is 1. The maximum absolute atomic E-state index is 12.3. The maximum atomic E-state index is 12.3. The second-order valence-corrected chi connectivity index (χ2v) is 8.48. The second-order valence-electron chi connectivity index (χ2n) is 8.48. The third-order valence-corrected chi connectivity index (χ3v) is 4.89. The molecule has 3 amide bonds. The number of nitrogens with zero attached hydrogens (tertiary/aromatic N) is 3. The highest BCUT2D eigenvalue weighted by molar-refractivity contribution is 6.00. The quantitative estimate of drug-likeness (QED) is 0.708. The second kappa shape index (κ2) is 8.36. The summed E-state index contributed by atoms with van der Waals surface area (Å²) in [6.45, 7) is 6.85. The van der Waals surface area contributed by atoms with Gasteiger partial charge in [0.15, 0.2) is 0 Å². The molecule has 0 bridgehead atoms. The van der Waals surface area contributed by atoms with E-state index in [1.807, 2.05) is 11.0 Å². The molecule has 2 aliphatic heterocycles. The van der Waals surface area contributed by atoms with Crippen LogP contribution in [0, 0.1) is 0 Å². The molecule has 2 fully saturated rings. The molecular formula is C20H28N4O5. The Labute approximate surface area is 170 Å². The monoisotopic (exact) mass is 404 g/mol. The lowest BCUT2D eigenvalue weighted by molar-refractivity contribution is -0.134. The Morgan fingerprint density at radius 1 is 1.24 bits per heavy atom. The molecule has 1 aromatic heterocycles. The molecule has 0 aromatic carbocycles. The number of hydrogen-bond donors (Lipinski definition) is 2. The number of rotatable bonds is 2. The van der Waals surface area contributed by atoms with Crippen molar-refractivity contribution in [3.63, 3.8) is 0 Å². The predicted molar refractivity (Wildman–Crippen MR) is 105 cm³/mol. The van der Waals surface area contributed by atoms with Crippen molar-refractivity contribution in [1.29, 1.82) is 0 Å². The molecule has 0 aliphatic carbocycles. The first kappa shape index (κ1) is 21.0. The number of carbonyl (C=O) groups excluding carboxylic acids is 3. The molecular weight excluding hydrogens is 376 g/mol. The van der Waals surface area contributed by atoms with Gasteiger partial charge in [-0.15, -0.1) is 0 Å². The fourth-order valence-corrected chi connectivity index (χ4v) is 3.49. The Morgan fingerprint density at radius 2 is 2.00 bits per heavy atom. The van der Waals surface area contributed by atoms with E-state index in [2.05, 4.69) is 10.3 Å². The van der Waals surface area contributed by atoms with Crippen LogP contribution in [-0.2, 0) is 14.3 Å². The van der Waals surface area contributed by atoms with Crippen molar-refractivity contribution in [3.05, 3.63) is 23.9 Å². The number of aliphatic hydroxyl groups is 1. The number of β-amino-alcohol motifs (C(OH)–C–C–N with tert-alkyl or cyclic N) is 1. The molecule has 2 unspecified atom stereocenters. The van der Waals surface area contributed by atoms with Crippen LogP contribution in [0.5, 0.6) is 0 Å². The van der Waals surface area contributed by atoms with Gasteiger partial charge in [-0.1, -0.05) is 6.07 Å². The van der Waals surface area contributed by atoms with Crippen LogP contribution in [0.2, 0.25) is 0 Å². The highest BCUT2D eigenvalue weighted by atomic mass is 16.6. The summed E-state index contributed by atoms with van der Waals surface area (Å²) in [5.74, 6) is -0.268. The van der Waals surface area contributed by atoms with Crippen LogP contribution >= 0.6 is 0 Å². The molecule has 1 aromatic rings. The van der Waals surface area contributed by atoms with E-state index >= 15 is 0 Å². The Bertz CT molecular complexity index is 774. The molecule has 0 spiro atoms. The number of carbonyl (C=O) groups is 3. The largest absolute Gasteiger partial charge is 0.444 e. The van der Waals surface area contributed by atoms with Gasteiger partial charge in [-0.3, -0.25) is 14.9 Å². The van der Waals surface area contributed by atoms with Crippen molar-refractivity contribution >= 4 is 23.7 Å². The zero-order valence-electron chi connectivity index (χ0n) is 17.1. The van der Waals surface area contributed by atoms with Gasteiger partial charge in [0.2, 0.25) is 11.8 Å². The van der Waals surface area contributed by atoms with Gasteiger partial charge in [0.25, 0.3) is 0 Å². The first-order chi connectivity index (χ1) is 13.6. The Morgan fingerprint density at radius 3 is 2.62 bits per heavy atom. The van der Waals surface area contributed by atoms with Crippen molar-refractivity contribution in [2.75, 3.05) is 31.1 Å². The van der Waals surface area contributed by atoms with E-state index in [9.17, 15) is 19.5 Å².